The number of benzene rings is 1. The fourth-order valence-electron chi connectivity index (χ4n) is 1.51. The van der Waals surface area contributed by atoms with Gasteiger partial charge in [0.2, 0.25) is 0 Å². The van der Waals surface area contributed by atoms with Crippen molar-refractivity contribution >= 4 is 28.9 Å². The molecule has 6 heteroatoms. The van der Waals surface area contributed by atoms with Crippen LogP contribution in [0.1, 0.15) is 23.2 Å². The van der Waals surface area contributed by atoms with E-state index in [1.165, 1.54) is 7.11 Å². The van der Waals surface area contributed by atoms with Crippen molar-refractivity contribution in [2.24, 2.45) is 0 Å². The maximum Gasteiger partial charge on any atom is 0.340 e. The number of rotatable bonds is 6. The Balaban J connectivity index is 2.91. The number of anilines is 2. The topological polar surface area (TPSA) is 84.6 Å². The minimum Gasteiger partial charge on any atom is -0.465 e. The van der Waals surface area contributed by atoms with Gasteiger partial charge in [-0.25, -0.2) is 4.79 Å². The van der Waals surface area contributed by atoms with Crippen LogP contribution in [0.15, 0.2) is 12.1 Å². The van der Waals surface area contributed by atoms with Gasteiger partial charge < -0.3 is 20.9 Å². The lowest BCUT2D eigenvalue weighted by atomic mass is 10.1. The first-order valence-electron chi connectivity index (χ1n) is 5.62. The molecular weight excluding hydrogens is 256 g/mol. The van der Waals surface area contributed by atoms with Gasteiger partial charge in [0.15, 0.2) is 0 Å². The molecule has 0 atom stereocenters. The number of nitrogens with one attached hydrogen (secondary N) is 1. The molecule has 0 aliphatic carbocycles. The summed E-state index contributed by atoms with van der Waals surface area (Å²) < 4.78 is 4.68. The number of esters is 1. The van der Waals surface area contributed by atoms with E-state index >= 15 is 0 Å². The molecule has 0 fully saturated rings. The predicted molar refractivity (Wildman–Crippen MR) is 72.0 cm³/mol. The zero-order chi connectivity index (χ0) is 13.5. The molecule has 0 spiro atoms. The highest BCUT2D eigenvalue weighted by atomic mass is 35.5. The van der Waals surface area contributed by atoms with E-state index in [-0.39, 0.29) is 6.61 Å². The summed E-state index contributed by atoms with van der Waals surface area (Å²) in [6.07, 6.45) is 1.45. The molecule has 100 valence electrons. The molecule has 0 saturated carbocycles. The second kappa shape index (κ2) is 7.08. The van der Waals surface area contributed by atoms with Gasteiger partial charge in [-0.1, -0.05) is 11.6 Å². The Labute approximate surface area is 111 Å². The molecule has 5 nitrogen and oxygen atoms in total. The van der Waals surface area contributed by atoms with Gasteiger partial charge in [0, 0.05) is 13.2 Å². The maximum absolute atomic E-state index is 11.6. The predicted octanol–water partition coefficient (Wildman–Crippen LogP) is 1.89. The van der Waals surface area contributed by atoms with Gasteiger partial charge in [-0.2, -0.15) is 0 Å². The molecule has 1 aromatic rings. The van der Waals surface area contributed by atoms with Crippen LogP contribution in [0.4, 0.5) is 11.4 Å². The van der Waals surface area contributed by atoms with Crippen LogP contribution in [0.5, 0.6) is 0 Å². The summed E-state index contributed by atoms with van der Waals surface area (Å²) in [7, 11) is 1.31. The van der Waals surface area contributed by atoms with Crippen molar-refractivity contribution in [2.75, 3.05) is 31.3 Å². The molecule has 0 saturated heterocycles. The first-order chi connectivity index (χ1) is 8.61. The standard InChI is InChI=1S/C12H17ClN2O3/c1-18-12(17)8-4-5-9(13)10(14)11(8)15-6-2-3-7-16/h4-5,15-16H,2-3,6-7,14H2,1H3. The number of methoxy groups -OCH3 is 1. The molecule has 0 bridgehead atoms. The van der Waals surface area contributed by atoms with E-state index in [4.69, 9.17) is 22.4 Å². The summed E-state index contributed by atoms with van der Waals surface area (Å²) in [4.78, 5) is 11.6. The summed E-state index contributed by atoms with van der Waals surface area (Å²) in [6, 6.07) is 3.13. The summed E-state index contributed by atoms with van der Waals surface area (Å²) in [5.41, 5.74) is 6.99. The molecule has 0 heterocycles. The van der Waals surface area contributed by atoms with Crippen molar-refractivity contribution in [3.05, 3.63) is 22.7 Å². The minimum absolute atomic E-state index is 0.135. The van der Waals surface area contributed by atoms with Crippen LogP contribution in [-0.4, -0.2) is 31.3 Å². The van der Waals surface area contributed by atoms with E-state index < -0.39 is 5.97 Å². The largest absolute Gasteiger partial charge is 0.465 e. The van der Waals surface area contributed by atoms with Gasteiger partial charge >= 0.3 is 5.97 Å². The van der Waals surface area contributed by atoms with Crippen molar-refractivity contribution in [1.29, 1.82) is 0 Å². The van der Waals surface area contributed by atoms with Gasteiger partial charge in [-0.3, -0.25) is 0 Å². The highest BCUT2D eigenvalue weighted by molar-refractivity contribution is 6.34. The number of aliphatic hydroxyl groups is 1. The average Bonchev–Trinajstić information content (AvgIpc) is 2.38. The summed E-state index contributed by atoms with van der Waals surface area (Å²) in [5, 5.41) is 12.1. The highest BCUT2D eigenvalue weighted by Gasteiger charge is 2.16. The third-order valence-electron chi connectivity index (χ3n) is 2.48. The van der Waals surface area contributed by atoms with E-state index in [1.807, 2.05) is 0 Å². The molecule has 0 aliphatic heterocycles. The molecule has 1 rings (SSSR count). The van der Waals surface area contributed by atoms with Crippen LogP contribution < -0.4 is 11.1 Å². The number of ether oxygens (including phenoxy) is 1. The van der Waals surface area contributed by atoms with Crippen molar-refractivity contribution in [3.8, 4) is 0 Å². The number of nitrogen functional groups attached to an aromatic ring is 1. The Hall–Kier alpha value is -1.46. The summed E-state index contributed by atoms with van der Waals surface area (Å²) in [5.74, 6) is -0.469. The number of nitrogens with two attached hydrogens (primary N) is 1. The Kier molecular flexibility index (Phi) is 5.74. The average molecular weight is 273 g/mol. The van der Waals surface area contributed by atoms with E-state index in [1.54, 1.807) is 12.1 Å². The first kappa shape index (κ1) is 14.6. The highest BCUT2D eigenvalue weighted by Crippen LogP contribution is 2.31. The number of halogens is 1. The van der Waals surface area contributed by atoms with Gasteiger partial charge in [0.1, 0.15) is 0 Å². The fraction of sp³-hybridized carbons (Fsp3) is 0.417. The molecule has 0 amide bonds. The molecule has 0 aromatic heterocycles. The number of carbonyl (C=O) groups excluding carboxylic acids is 1. The Morgan fingerprint density at radius 3 is 2.83 bits per heavy atom. The molecule has 0 aliphatic rings. The lowest BCUT2D eigenvalue weighted by Gasteiger charge is -2.14. The minimum atomic E-state index is -0.469. The van der Waals surface area contributed by atoms with Crippen molar-refractivity contribution in [1.82, 2.24) is 0 Å². The molecular formula is C12H17ClN2O3. The Morgan fingerprint density at radius 1 is 1.50 bits per heavy atom. The lowest BCUT2D eigenvalue weighted by Crippen LogP contribution is -2.12. The Bertz CT molecular complexity index is 424. The normalized spacial score (nSPS) is 10.2. The van der Waals surface area contributed by atoms with Crippen LogP contribution in [-0.2, 0) is 4.74 Å². The van der Waals surface area contributed by atoms with Gasteiger partial charge in [0.05, 0.1) is 29.1 Å². The summed E-state index contributed by atoms with van der Waals surface area (Å²) in [6.45, 7) is 0.728. The van der Waals surface area contributed by atoms with E-state index in [9.17, 15) is 4.79 Å². The van der Waals surface area contributed by atoms with Crippen LogP contribution in [0, 0.1) is 0 Å². The third kappa shape index (κ3) is 3.51. The molecule has 4 N–H and O–H groups in total. The number of carbonyl (C=O) groups is 1. The van der Waals surface area contributed by atoms with Crippen LogP contribution in [0.25, 0.3) is 0 Å². The van der Waals surface area contributed by atoms with Crippen LogP contribution in [0.3, 0.4) is 0 Å². The zero-order valence-electron chi connectivity index (χ0n) is 10.2. The smallest absolute Gasteiger partial charge is 0.340 e. The number of hydrogen-bond donors (Lipinski definition) is 3. The van der Waals surface area contributed by atoms with Crippen LogP contribution >= 0.6 is 11.6 Å². The van der Waals surface area contributed by atoms with E-state index in [0.717, 1.165) is 6.42 Å². The van der Waals surface area contributed by atoms with Gasteiger partial charge in [-0.05, 0) is 25.0 Å². The molecule has 0 unspecified atom stereocenters. The van der Waals surface area contributed by atoms with Gasteiger partial charge in [0.25, 0.3) is 0 Å². The van der Waals surface area contributed by atoms with Gasteiger partial charge in [-0.15, -0.1) is 0 Å². The van der Waals surface area contributed by atoms with Crippen molar-refractivity contribution in [2.45, 2.75) is 12.8 Å². The quantitative estimate of drug-likeness (QED) is 0.418. The zero-order valence-corrected chi connectivity index (χ0v) is 11.0. The molecule has 0 radical (unpaired) electrons. The SMILES string of the molecule is COC(=O)c1ccc(Cl)c(N)c1NCCCCO. The first-order valence-corrected chi connectivity index (χ1v) is 6.00. The second-order valence-corrected chi connectivity index (χ2v) is 4.14. The monoisotopic (exact) mass is 272 g/mol. The lowest BCUT2D eigenvalue weighted by molar-refractivity contribution is 0.0602. The summed E-state index contributed by atoms with van der Waals surface area (Å²) >= 11 is 5.92. The van der Waals surface area contributed by atoms with Crippen molar-refractivity contribution < 1.29 is 14.6 Å². The molecule has 18 heavy (non-hydrogen) atoms. The molecule has 1 aromatic carbocycles. The maximum atomic E-state index is 11.6. The number of unbranched alkanes of at least 4 members (excludes halogenated alkanes) is 1. The fourth-order valence-corrected chi connectivity index (χ4v) is 1.67. The van der Waals surface area contributed by atoms with Crippen molar-refractivity contribution in [3.63, 3.8) is 0 Å². The number of aliphatic hydroxyl groups excluding tert-OH is 1. The van der Waals surface area contributed by atoms with E-state index in [2.05, 4.69) is 10.1 Å². The second-order valence-electron chi connectivity index (χ2n) is 3.73. The Morgan fingerprint density at radius 2 is 2.22 bits per heavy atom. The third-order valence-corrected chi connectivity index (χ3v) is 2.81. The number of hydrogen-bond acceptors (Lipinski definition) is 5. The van der Waals surface area contributed by atoms with Crippen LogP contribution in [0.2, 0.25) is 5.02 Å². The van der Waals surface area contributed by atoms with E-state index in [0.29, 0.717) is 34.9 Å².